The Kier molecular flexibility index (Phi) is 2.70. The lowest BCUT2D eigenvalue weighted by Crippen LogP contribution is -1.86. The molecule has 1 rings (SSSR count). The molecule has 10 heavy (non-hydrogen) atoms. The second-order valence-electron chi connectivity index (χ2n) is 2.37. The molecule has 0 atom stereocenters. The lowest BCUT2D eigenvalue weighted by molar-refractivity contribution is 1.67. The molecule has 0 bridgehead atoms. The average Bonchev–Trinajstić information content (AvgIpc) is 1.88. The van der Waals surface area contributed by atoms with Gasteiger partial charge in [-0.2, -0.15) is 0 Å². The molecular formula is C8H12NP. The Morgan fingerprint density at radius 3 is 2.20 bits per heavy atom. The van der Waals surface area contributed by atoms with E-state index in [0.717, 1.165) is 0 Å². The Balaban J connectivity index is 2.59. The summed E-state index contributed by atoms with van der Waals surface area (Å²) < 4.78 is 0. The first-order valence-corrected chi connectivity index (χ1v) is 5.51. The van der Waals surface area contributed by atoms with Gasteiger partial charge in [-0.25, -0.2) is 0 Å². The lowest BCUT2D eigenvalue weighted by Gasteiger charge is -2.08. The van der Waals surface area contributed by atoms with E-state index in [0.29, 0.717) is 0 Å². The summed E-state index contributed by atoms with van der Waals surface area (Å²) in [7, 11) is -0.0267. The number of hydrogen-bond acceptors (Lipinski definition) is 1. The fourth-order valence-electron chi connectivity index (χ4n) is 0.771. The summed E-state index contributed by atoms with van der Waals surface area (Å²) in [5, 5.41) is 3.37. The summed E-state index contributed by atoms with van der Waals surface area (Å²) in [4.78, 5) is 0. The summed E-state index contributed by atoms with van der Waals surface area (Å²) in [6.45, 7) is 4.39. The number of para-hydroxylation sites is 1. The van der Waals surface area contributed by atoms with Gasteiger partial charge in [0.15, 0.2) is 0 Å². The minimum atomic E-state index is -0.0267. The highest BCUT2D eigenvalue weighted by Gasteiger charge is 1.90. The van der Waals surface area contributed by atoms with Crippen molar-refractivity contribution in [3.63, 3.8) is 0 Å². The van der Waals surface area contributed by atoms with Gasteiger partial charge >= 0.3 is 0 Å². The molecule has 0 heterocycles. The predicted octanol–water partition coefficient (Wildman–Crippen LogP) is 2.76. The van der Waals surface area contributed by atoms with Crippen molar-refractivity contribution in [3.8, 4) is 0 Å². The Morgan fingerprint density at radius 1 is 1.10 bits per heavy atom. The van der Waals surface area contributed by atoms with E-state index in [-0.39, 0.29) is 8.07 Å². The molecule has 0 aliphatic heterocycles. The zero-order chi connectivity index (χ0) is 7.40. The van der Waals surface area contributed by atoms with Crippen LogP contribution in [0.5, 0.6) is 0 Å². The molecule has 0 radical (unpaired) electrons. The third-order valence-corrected chi connectivity index (χ3v) is 1.83. The van der Waals surface area contributed by atoms with Crippen LogP contribution in [0.25, 0.3) is 0 Å². The Bertz CT molecular complexity index is 184. The SMILES string of the molecule is CP(C)Nc1ccccc1. The molecule has 0 fully saturated rings. The van der Waals surface area contributed by atoms with Gasteiger partial charge in [-0.3, -0.25) is 0 Å². The van der Waals surface area contributed by atoms with Gasteiger partial charge in [0.05, 0.1) is 0 Å². The van der Waals surface area contributed by atoms with Gasteiger partial charge in [-0.1, -0.05) is 18.2 Å². The van der Waals surface area contributed by atoms with Gasteiger partial charge in [-0.15, -0.1) is 0 Å². The third kappa shape index (κ3) is 2.36. The fourth-order valence-corrected chi connectivity index (χ4v) is 1.44. The Morgan fingerprint density at radius 2 is 1.70 bits per heavy atom. The largest absolute Gasteiger partial charge is 0.365 e. The molecule has 0 aliphatic carbocycles. The monoisotopic (exact) mass is 153 g/mol. The van der Waals surface area contributed by atoms with E-state index in [1.54, 1.807) is 0 Å². The maximum atomic E-state index is 3.37. The molecule has 0 unspecified atom stereocenters. The van der Waals surface area contributed by atoms with Gasteiger partial charge in [0, 0.05) is 5.69 Å². The van der Waals surface area contributed by atoms with Crippen molar-refractivity contribution < 1.29 is 0 Å². The normalized spacial score (nSPS) is 9.90. The van der Waals surface area contributed by atoms with Gasteiger partial charge in [-0.05, 0) is 33.5 Å². The molecule has 1 aromatic carbocycles. The highest BCUT2D eigenvalue weighted by molar-refractivity contribution is 7.57. The second-order valence-corrected chi connectivity index (χ2v) is 4.38. The van der Waals surface area contributed by atoms with Crippen LogP contribution in [0.4, 0.5) is 5.69 Å². The van der Waals surface area contributed by atoms with Crippen LogP contribution in [0.2, 0.25) is 0 Å². The zero-order valence-electron chi connectivity index (χ0n) is 6.33. The van der Waals surface area contributed by atoms with E-state index in [4.69, 9.17) is 0 Å². The van der Waals surface area contributed by atoms with Crippen LogP contribution in [0, 0.1) is 0 Å². The maximum absolute atomic E-state index is 3.37. The summed E-state index contributed by atoms with van der Waals surface area (Å²) in [6.07, 6.45) is 0. The first-order chi connectivity index (χ1) is 4.79. The molecule has 1 N–H and O–H groups in total. The zero-order valence-corrected chi connectivity index (χ0v) is 7.23. The van der Waals surface area contributed by atoms with E-state index in [9.17, 15) is 0 Å². The highest BCUT2D eigenvalue weighted by Crippen LogP contribution is 2.25. The van der Waals surface area contributed by atoms with E-state index >= 15 is 0 Å². The molecule has 2 heteroatoms. The molecule has 0 spiro atoms. The fraction of sp³-hybridized carbons (Fsp3) is 0.250. The van der Waals surface area contributed by atoms with Crippen molar-refractivity contribution in [2.45, 2.75) is 0 Å². The molecule has 1 aromatic rings. The predicted molar refractivity (Wildman–Crippen MR) is 48.8 cm³/mol. The van der Waals surface area contributed by atoms with E-state index in [2.05, 4.69) is 30.5 Å². The van der Waals surface area contributed by atoms with E-state index in [1.807, 2.05) is 18.2 Å². The Labute approximate surface area is 63.3 Å². The van der Waals surface area contributed by atoms with Crippen LogP contribution in [0.15, 0.2) is 30.3 Å². The van der Waals surface area contributed by atoms with Crippen molar-refractivity contribution in [1.82, 2.24) is 0 Å². The van der Waals surface area contributed by atoms with Crippen LogP contribution < -0.4 is 5.09 Å². The van der Waals surface area contributed by atoms with E-state index in [1.165, 1.54) is 5.69 Å². The highest BCUT2D eigenvalue weighted by atomic mass is 31.1. The molecule has 1 nitrogen and oxygen atoms in total. The number of rotatable bonds is 2. The second kappa shape index (κ2) is 3.58. The minimum absolute atomic E-state index is 0.0267. The summed E-state index contributed by atoms with van der Waals surface area (Å²) in [5.74, 6) is 0. The lowest BCUT2D eigenvalue weighted by atomic mass is 10.3. The molecule has 0 aromatic heterocycles. The van der Waals surface area contributed by atoms with Crippen LogP contribution in [-0.2, 0) is 0 Å². The van der Waals surface area contributed by atoms with Crippen LogP contribution in [-0.4, -0.2) is 13.3 Å². The molecular weight excluding hydrogens is 141 g/mol. The first-order valence-electron chi connectivity index (χ1n) is 3.28. The molecule has 0 aliphatic rings. The van der Waals surface area contributed by atoms with Gasteiger partial charge in [0.2, 0.25) is 0 Å². The average molecular weight is 153 g/mol. The smallest absolute Gasteiger partial charge is 0.0372 e. The van der Waals surface area contributed by atoms with Crippen LogP contribution >= 0.6 is 8.07 Å². The number of benzene rings is 1. The van der Waals surface area contributed by atoms with Crippen molar-refractivity contribution in [3.05, 3.63) is 30.3 Å². The summed E-state index contributed by atoms with van der Waals surface area (Å²) in [6, 6.07) is 10.3. The van der Waals surface area contributed by atoms with Crippen LogP contribution in [0.3, 0.4) is 0 Å². The standard InChI is InChI=1S/C8H12NP/c1-10(2)9-8-6-4-3-5-7-8/h3-7,9H,1-2H3. The summed E-state index contributed by atoms with van der Waals surface area (Å²) in [5.41, 5.74) is 1.22. The first kappa shape index (κ1) is 7.56. The van der Waals surface area contributed by atoms with Crippen molar-refractivity contribution in [2.75, 3.05) is 18.4 Å². The molecule has 0 saturated heterocycles. The number of anilines is 1. The maximum Gasteiger partial charge on any atom is 0.0372 e. The molecule has 0 saturated carbocycles. The van der Waals surface area contributed by atoms with Crippen molar-refractivity contribution in [1.29, 1.82) is 0 Å². The number of nitrogens with one attached hydrogen (secondary N) is 1. The van der Waals surface area contributed by atoms with Gasteiger partial charge in [0.1, 0.15) is 0 Å². The van der Waals surface area contributed by atoms with Crippen molar-refractivity contribution in [2.24, 2.45) is 0 Å². The number of hydrogen-bond donors (Lipinski definition) is 1. The van der Waals surface area contributed by atoms with E-state index < -0.39 is 0 Å². The topological polar surface area (TPSA) is 12.0 Å². The Hall–Kier alpha value is -0.550. The van der Waals surface area contributed by atoms with Crippen LogP contribution in [0.1, 0.15) is 0 Å². The quantitative estimate of drug-likeness (QED) is 0.644. The van der Waals surface area contributed by atoms with Gasteiger partial charge < -0.3 is 5.09 Å². The third-order valence-electron chi connectivity index (χ3n) is 1.13. The minimum Gasteiger partial charge on any atom is -0.365 e. The molecule has 54 valence electrons. The van der Waals surface area contributed by atoms with Crippen molar-refractivity contribution >= 4 is 13.8 Å². The van der Waals surface area contributed by atoms with Gasteiger partial charge in [0.25, 0.3) is 0 Å². The summed E-state index contributed by atoms with van der Waals surface area (Å²) >= 11 is 0. The molecule has 0 amide bonds.